The number of aryl methyl sites for hydroxylation is 1. The maximum absolute atomic E-state index is 13.5. The third kappa shape index (κ3) is 3.83. The fourth-order valence-corrected chi connectivity index (χ4v) is 4.03. The summed E-state index contributed by atoms with van der Waals surface area (Å²) in [6.45, 7) is 7.15. The molecule has 0 aromatic carbocycles. The average molecular weight is 394 g/mol. The van der Waals surface area contributed by atoms with E-state index in [2.05, 4.69) is 29.1 Å². The van der Waals surface area contributed by atoms with Crippen LogP contribution >= 0.6 is 11.3 Å². The molecule has 1 aliphatic rings. The SMILES string of the molecule is CC(=O)N(c1cc(F)nc(F)c1)c1nc(C(=O)N[C@H]2CCC2(C)C)c(C)s1. The van der Waals surface area contributed by atoms with Crippen molar-refractivity contribution in [3.8, 4) is 0 Å². The lowest BCUT2D eigenvalue weighted by atomic mass is 9.67. The first kappa shape index (κ1) is 19.3. The number of thiazole rings is 1. The topological polar surface area (TPSA) is 75.2 Å². The molecule has 6 nitrogen and oxygen atoms in total. The van der Waals surface area contributed by atoms with E-state index in [4.69, 9.17) is 0 Å². The number of carbonyl (C=O) groups excluding carboxylic acids is 2. The van der Waals surface area contributed by atoms with Crippen LogP contribution in [0.15, 0.2) is 12.1 Å². The molecule has 2 amide bonds. The number of rotatable bonds is 4. The number of nitrogens with zero attached hydrogens (tertiary/aromatic N) is 3. The van der Waals surface area contributed by atoms with Gasteiger partial charge in [-0.15, -0.1) is 11.3 Å². The van der Waals surface area contributed by atoms with Crippen molar-refractivity contribution in [1.82, 2.24) is 15.3 Å². The van der Waals surface area contributed by atoms with Crippen LogP contribution in [-0.2, 0) is 4.79 Å². The third-order valence-electron chi connectivity index (χ3n) is 4.84. The minimum atomic E-state index is -1.05. The van der Waals surface area contributed by atoms with Crippen molar-refractivity contribution in [3.63, 3.8) is 0 Å². The number of carbonyl (C=O) groups is 2. The Hall–Kier alpha value is -2.42. The van der Waals surface area contributed by atoms with E-state index < -0.39 is 17.8 Å². The first-order valence-corrected chi connectivity index (χ1v) is 9.32. The second-order valence-corrected chi connectivity index (χ2v) is 8.46. The minimum absolute atomic E-state index is 0.0339. The van der Waals surface area contributed by atoms with Crippen molar-refractivity contribution in [2.24, 2.45) is 5.41 Å². The van der Waals surface area contributed by atoms with E-state index >= 15 is 0 Å². The maximum atomic E-state index is 13.5. The molecule has 144 valence electrons. The Balaban J connectivity index is 1.91. The molecule has 1 fully saturated rings. The van der Waals surface area contributed by atoms with Crippen LogP contribution in [0.1, 0.15) is 49.0 Å². The first-order valence-electron chi connectivity index (χ1n) is 8.50. The highest BCUT2D eigenvalue weighted by molar-refractivity contribution is 7.16. The molecule has 1 N–H and O–H groups in total. The summed E-state index contributed by atoms with van der Waals surface area (Å²) in [7, 11) is 0. The number of aromatic nitrogens is 2. The minimum Gasteiger partial charge on any atom is -0.347 e. The Morgan fingerprint density at radius 3 is 2.37 bits per heavy atom. The van der Waals surface area contributed by atoms with Crippen LogP contribution < -0.4 is 10.2 Å². The van der Waals surface area contributed by atoms with Crippen LogP contribution in [-0.4, -0.2) is 27.8 Å². The number of nitrogens with one attached hydrogen (secondary N) is 1. The second-order valence-electron chi connectivity index (χ2n) is 7.28. The van der Waals surface area contributed by atoms with Gasteiger partial charge in [-0.25, -0.2) is 4.98 Å². The predicted octanol–water partition coefficient (Wildman–Crippen LogP) is 3.73. The van der Waals surface area contributed by atoms with Crippen molar-refractivity contribution in [2.45, 2.75) is 46.6 Å². The van der Waals surface area contributed by atoms with Gasteiger partial charge in [-0.3, -0.25) is 14.5 Å². The molecule has 0 unspecified atom stereocenters. The Morgan fingerprint density at radius 2 is 1.89 bits per heavy atom. The van der Waals surface area contributed by atoms with Crippen LogP contribution in [0.4, 0.5) is 19.6 Å². The predicted molar refractivity (Wildman–Crippen MR) is 98.1 cm³/mol. The Kier molecular flexibility index (Phi) is 4.98. The monoisotopic (exact) mass is 394 g/mol. The van der Waals surface area contributed by atoms with Gasteiger partial charge in [-0.2, -0.15) is 13.8 Å². The quantitative estimate of drug-likeness (QED) is 0.802. The van der Waals surface area contributed by atoms with Crippen LogP contribution in [0.2, 0.25) is 0 Å². The molecule has 3 rings (SSSR count). The molecule has 2 aromatic heterocycles. The van der Waals surface area contributed by atoms with Gasteiger partial charge in [-0.05, 0) is 25.2 Å². The van der Waals surface area contributed by atoms with Crippen molar-refractivity contribution >= 4 is 34.0 Å². The number of anilines is 2. The normalized spacial score (nSPS) is 17.9. The molecule has 1 atom stereocenters. The molecule has 2 aromatic rings. The van der Waals surface area contributed by atoms with Crippen LogP contribution in [0, 0.1) is 24.2 Å². The fourth-order valence-electron chi connectivity index (χ4n) is 3.06. The van der Waals surface area contributed by atoms with E-state index in [1.54, 1.807) is 6.92 Å². The molecule has 0 aliphatic heterocycles. The highest BCUT2D eigenvalue weighted by Crippen LogP contribution is 2.40. The van der Waals surface area contributed by atoms with Crippen molar-refractivity contribution in [2.75, 3.05) is 4.90 Å². The van der Waals surface area contributed by atoms with Gasteiger partial charge in [0, 0.05) is 30.0 Å². The smallest absolute Gasteiger partial charge is 0.271 e. The zero-order valence-corrected chi connectivity index (χ0v) is 16.3. The Bertz CT molecular complexity index is 893. The third-order valence-corrected chi connectivity index (χ3v) is 5.79. The molecule has 0 radical (unpaired) electrons. The van der Waals surface area contributed by atoms with Gasteiger partial charge < -0.3 is 5.32 Å². The van der Waals surface area contributed by atoms with Crippen molar-refractivity contribution < 1.29 is 18.4 Å². The molecular formula is C18H20F2N4O2S. The molecule has 27 heavy (non-hydrogen) atoms. The van der Waals surface area contributed by atoms with E-state index in [0.29, 0.717) is 4.88 Å². The summed E-state index contributed by atoms with van der Waals surface area (Å²) in [5, 5.41) is 3.14. The summed E-state index contributed by atoms with van der Waals surface area (Å²) < 4.78 is 26.9. The lowest BCUT2D eigenvalue weighted by Crippen LogP contribution is -2.52. The summed E-state index contributed by atoms with van der Waals surface area (Å²) in [6.07, 6.45) is 1.94. The Labute approximate surface area is 159 Å². The summed E-state index contributed by atoms with van der Waals surface area (Å²) in [6, 6.07) is 1.96. The zero-order chi connectivity index (χ0) is 19.9. The summed E-state index contributed by atoms with van der Waals surface area (Å²) in [5.74, 6) is -2.89. The van der Waals surface area contributed by atoms with Crippen LogP contribution in [0.25, 0.3) is 0 Å². The number of hydrogen-bond acceptors (Lipinski definition) is 5. The van der Waals surface area contributed by atoms with Gasteiger partial charge in [0.2, 0.25) is 17.8 Å². The number of pyridine rings is 1. The largest absolute Gasteiger partial charge is 0.347 e. The van der Waals surface area contributed by atoms with E-state index in [9.17, 15) is 18.4 Å². The highest BCUT2D eigenvalue weighted by atomic mass is 32.1. The maximum Gasteiger partial charge on any atom is 0.271 e. The van der Waals surface area contributed by atoms with Crippen molar-refractivity contribution in [3.05, 3.63) is 34.6 Å². The van der Waals surface area contributed by atoms with Gasteiger partial charge >= 0.3 is 0 Å². The van der Waals surface area contributed by atoms with E-state index in [1.165, 1.54) is 6.92 Å². The average Bonchev–Trinajstić information content (AvgIpc) is 2.91. The van der Waals surface area contributed by atoms with Gasteiger partial charge in [-0.1, -0.05) is 13.8 Å². The van der Waals surface area contributed by atoms with E-state index in [0.717, 1.165) is 41.2 Å². The Morgan fingerprint density at radius 1 is 1.26 bits per heavy atom. The summed E-state index contributed by atoms with van der Waals surface area (Å²) in [5.41, 5.74) is 0.215. The molecule has 0 bridgehead atoms. The van der Waals surface area contributed by atoms with Gasteiger partial charge in [0.1, 0.15) is 5.69 Å². The summed E-state index contributed by atoms with van der Waals surface area (Å²) >= 11 is 1.11. The first-order chi connectivity index (χ1) is 12.6. The number of amides is 2. The van der Waals surface area contributed by atoms with E-state index in [-0.39, 0.29) is 33.9 Å². The molecule has 1 aliphatic carbocycles. The fraction of sp³-hybridized carbons (Fsp3) is 0.444. The van der Waals surface area contributed by atoms with Crippen molar-refractivity contribution in [1.29, 1.82) is 0 Å². The van der Waals surface area contributed by atoms with Gasteiger partial charge in [0.25, 0.3) is 5.91 Å². The number of halogens is 2. The van der Waals surface area contributed by atoms with E-state index in [1.807, 2.05) is 0 Å². The van der Waals surface area contributed by atoms with Gasteiger partial charge in [0.15, 0.2) is 5.13 Å². The van der Waals surface area contributed by atoms with Gasteiger partial charge in [0.05, 0.1) is 5.69 Å². The molecule has 2 heterocycles. The summed E-state index contributed by atoms with van der Waals surface area (Å²) in [4.78, 5) is 33.7. The standard InChI is InChI=1S/C18H20F2N4O2S/c1-9-15(16(26)21-12-5-6-18(12,3)4)23-17(27-9)24(10(2)25)11-7-13(19)22-14(20)8-11/h7-8,12H,5-6H2,1-4H3,(H,21,26)/t12-/m0/s1. The molecule has 0 saturated heterocycles. The lowest BCUT2D eigenvalue weighted by Gasteiger charge is -2.44. The molecule has 9 heteroatoms. The van der Waals surface area contributed by atoms with Crippen LogP contribution in [0.5, 0.6) is 0 Å². The highest BCUT2D eigenvalue weighted by Gasteiger charge is 2.40. The molecule has 0 spiro atoms. The zero-order valence-electron chi connectivity index (χ0n) is 15.5. The van der Waals surface area contributed by atoms with Crippen LogP contribution in [0.3, 0.4) is 0 Å². The second kappa shape index (κ2) is 6.95. The molecule has 1 saturated carbocycles. The lowest BCUT2D eigenvalue weighted by molar-refractivity contribution is -0.115. The molecular weight excluding hydrogens is 374 g/mol. The number of hydrogen-bond donors (Lipinski definition) is 1.